The zero-order valence-corrected chi connectivity index (χ0v) is 13.1. The lowest BCUT2D eigenvalue weighted by atomic mass is 10.3. The number of nitrogen functional groups attached to an aromatic ring is 1. The van der Waals surface area contributed by atoms with Crippen molar-refractivity contribution in [3.63, 3.8) is 0 Å². The minimum absolute atomic E-state index is 0.0120. The van der Waals surface area contributed by atoms with Gasteiger partial charge in [-0.3, -0.25) is 4.72 Å². The second-order valence-electron chi connectivity index (χ2n) is 4.23. The molecule has 0 aliphatic rings. The number of anilines is 2. The number of aryl methyl sites for hydroxylation is 1. The van der Waals surface area contributed by atoms with E-state index in [1.807, 2.05) is 0 Å². The minimum atomic E-state index is -4.26. The molecule has 1 aromatic heterocycles. The van der Waals surface area contributed by atoms with Crippen LogP contribution in [0.1, 0.15) is 5.56 Å². The maximum absolute atomic E-state index is 13.6. The van der Waals surface area contributed by atoms with Crippen LogP contribution in [-0.2, 0) is 10.0 Å². The quantitative estimate of drug-likeness (QED) is 0.805. The molecule has 0 unspecified atom stereocenters. The number of hydrogen-bond donors (Lipinski definition) is 2. The standard InChI is InChI=1S/C12H10BrF2N3O2S/c1-6-2-12(17-5-7(6)13)18-21(19,20)11-4-10(16)8(14)3-9(11)15/h2-5H,16H2,1H3,(H,17,18). The molecule has 21 heavy (non-hydrogen) atoms. The lowest BCUT2D eigenvalue weighted by molar-refractivity contribution is 0.553. The van der Waals surface area contributed by atoms with Crippen molar-refractivity contribution in [2.45, 2.75) is 11.8 Å². The van der Waals surface area contributed by atoms with Gasteiger partial charge in [0.15, 0.2) is 0 Å². The number of hydrogen-bond acceptors (Lipinski definition) is 4. The average Bonchev–Trinajstić information content (AvgIpc) is 2.37. The number of sulfonamides is 1. The number of pyridine rings is 1. The van der Waals surface area contributed by atoms with Gasteiger partial charge in [-0.05, 0) is 40.5 Å². The summed E-state index contributed by atoms with van der Waals surface area (Å²) in [5, 5.41) is 0. The van der Waals surface area contributed by atoms with Crippen molar-refractivity contribution in [1.82, 2.24) is 4.98 Å². The van der Waals surface area contributed by atoms with Gasteiger partial charge in [-0.15, -0.1) is 0 Å². The van der Waals surface area contributed by atoms with Gasteiger partial charge >= 0.3 is 0 Å². The Kier molecular flexibility index (Phi) is 4.15. The number of benzene rings is 1. The number of nitrogens with one attached hydrogen (secondary N) is 1. The molecule has 0 amide bonds. The number of aromatic nitrogens is 1. The highest BCUT2D eigenvalue weighted by molar-refractivity contribution is 9.10. The molecule has 0 saturated heterocycles. The zero-order chi connectivity index (χ0) is 15.8. The fourth-order valence-corrected chi connectivity index (χ4v) is 2.85. The average molecular weight is 378 g/mol. The monoisotopic (exact) mass is 377 g/mol. The van der Waals surface area contributed by atoms with Crippen molar-refractivity contribution >= 4 is 37.5 Å². The first-order valence-electron chi connectivity index (χ1n) is 5.60. The summed E-state index contributed by atoms with van der Waals surface area (Å²) in [5.74, 6) is -2.25. The third-order valence-corrected chi connectivity index (χ3v) is 4.83. The normalized spacial score (nSPS) is 11.4. The third-order valence-electron chi connectivity index (χ3n) is 2.63. The molecule has 112 valence electrons. The van der Waals surface area contributed by atoms with Crippen LogP contribution in [0.5, 0.6) is 0 Å². The Hall–Kier alpha value is -1.74. The highest BCUT2D eigenvalue weighted by Gasteiger charge is 2.22. The van der Waals surface area contributed by atoms with E-state index in [0.717, 1.165) is 11.6 Å². The predicted molar refractivity (Wildman–Crippen MR) is 78.3 cm³/mol. The van der Waals surface area contributed by atoms with Crippen molar-refractivity contribution in [2.24, 2.45) is 0 Å². The second kappa shape index (κ2) is 5.57. The van der Waals surface area contributed by atoms with E-state index in [4.69, 9.17) is 5.73 Å². The molecular weight excluding hydrogens is 368 g/mol. The molecule has 5 nitrogen and oxygen atoms in total. The van der Waals surface area contributed by atoms with Gasteiger partial charge in [0.05, 0.1) is 5.69 Å². The fraction of sp³-hybridized carbons (Fsp3) is 0.0833. The zero-order valence-electron chi connectivity index (χ0n) is 10.7. The summed E-state index contributed by atoms with van der Waals surface area (Å²) < 4.78 is 53.7. The van der Waals surface area contributed by atoms with Crippen molar-refractivity contribution < 1.29 is 17.2 Å². The topological polar surface area (TPSA) is 85.1 Å². The summed E-state index contributed by atoms with van der Waals surface area (Å²) >= 11 is 3.23. The molecule has 0 saturated carbocycles. The fourth-order valence-electron chi connectivity index (χ4n) is 1.54. The summed E-state index contributed by atoms with van der Waals surface area (Å²) in [6, 6.07) is 2.61. The van der Waals surface area contributed by atoms with Crippen molar-refractivity contribution in [3.05, 3.63) is 46.1 Å². The van der Waals surface area contributed by atoms with Gasteiger partial charge in [0, 0.05) is 16.7 Å². The van der Waals surface area contributed by atoms with Gasteiger partial charge in [-0.25, -0.2) is 22.2 Å². The minimum Gasteiger partial charge on any atom is -0.396 e. The highest BCUT2D eigenvalue weighted by atomic mass is 79.9. The first kappa shape index (κ1) is 15.6. The van der Waals surface area contributed by atoms with E-state index in [0.29, 0.717) is 10.5 Å². The van der Waals surface area contributed by atoms with Crippen LogP contribution in [0, 0.1) is 18.6 Å². The Bertz CT molecular complexity index is 812. The lowest BCUT2D eigenvalue weighted by Crippen LogP contribution is -2.16. The van der Waals surface area contributed by atoms with E-state index in [-0.39, 0.29) is 5.82 Å². The first-order valence-corrected chi connectivity index (χ1v) is 7.88. The van der Waals surface area contributed by atoms with Crippen LogP contribution in [0.3, 0.4) is 0 Å². The van der Waals surface area contributed by atoms with Crippen molar-refractivity contribution in [3.8, 4) is 0 Å². The largest absolute Gasteiger partial charge is 0.396 e. The van der Waals surface area contributed by atoms with Crippen LogP contribution in [0.2, 0.25) is 0 Å². The Morgan fingerprint density at radius 2 is 1.90 bits per heavy atom. The van der Waals surface area contributed by atoms with Gasteiger partial charge in [0.2, 0.25) is 0 Å². The van der Waals surface area contributed by atoms with E-state index in [1.54, 1.807) is 6.92 Å². The van der Waals surface area contributed by atoms with Crippen LogP contribution >= 0.6 is 15.9 Å². The number of nitrogens with two attached hydrogens (primary N) is 1. The van der Waals surface area contributed by atoms with Crippen LogP contribution in [-0.4, -0.2) is 13.4 Å². The molecule has 3 N–H and O–H groups in total. The number of halogens is 3. The van der Waals surface area contributed by atoms with E-state index in [1.165, 1.54) is 12.3 Å². The van der Waals surface area contributed by atoms with Gasteiger partial charge in [-0.2, -0.15) is 0 Å². The Morgan fingerprint density at radius 3 is 2.52 bits per heavy atom. The maximum atomic E-state index is 13.6. The van der Waals surface area contributed by atoms with Gasteiger partial charge in [-0.1, -0.05) is 0 Å². The summed E-state index contributed by atoms with van der Waals surface area (Å²) in [6.45, 7) is 1.74. The molecule has 0 fully saturated rings. The van der Waals surface area contributed by atoms with Crippen LogP contribution in [0.15, 0.2) is 33.8 Å². The van der Waals surface area contributed by atoms with Crippen molar-refractivity contribution in [1.29, 1.82) is 0 Å². The maximum Gasteiger partial charge on any atom is 0.266 e. The number of rotatable bonds is 3. The summed E-state index contributed by atoms with van der Waals surface area (Å²) in [5.41, 5.74) is 5.54. The molecule has 2 aromatic rings. The molecule has 0 aliphatic heterocycles. The molecule has 9 heteroatoms. The van der Waals surface area contributed by atoms with E-state index >= 15 is 0 Å². The number of nitrogens with zero attached hydrogens (tertiary/aromatic N) is 1. The molecule has 0 radical (unpaired) electrons. The third kappa shape index (κ3) is 3.30. The summed E-state index contributed by atoms with van der Waals surface area (Å²) in [4.78, 5) is 3.11. The highest BCUT2D eigenvalue weighted by Crippen LogP contribution is 2.24. The first-order chi connectivity index (χ1) is 9.70. The lowest BCUT2D eigenvalue weighted by Gasteiger charge is -2.10. The summed E-state index contributed by atoms with van der Waals surface area (Å²) in [7, 11) is -4.26. The van der Waals surface area contributed by atoms with Gasteiger partial charge < -0.3 is 5.73 Å². The molecule has 2 rings (SSSR count). The molecule has 1 aromatic carbocycles. The Labute approximate surface area is 128 Å². The van der Waals surface area contributed by atoms with Crippen LogP contribution < -0.4 is 10.5 Å². The molecule has 0 aliphatic carbocycles. The Balaban J connectivity index is 2.43. The molecule has 0 spiro atoms. The molecule has 0 atom stereocenters. The second-order valence-corrected chi connectivity index (χ2v) is 6.73. The smallest absolute Gasteiger partial charge is 0.266 e. The van der Waals surface area contributed by atoms with E-state index in [2.05, 4.69) is 25.6 Å². The molecule has 0 bridgehead atoms. The van der Waals surface area contributed by atoms with Crippen molar-refractivity contribution in [2.75, 3.05) is 10.5 Å². The molecular formula is C12H10BrF2N3O2S. The Morgan fingerprint density at radius 1 is 1.24 bits per heavy atom. The summed E-state index contributed by atoms with van der Waals surface area (Å²) in [6.07, 6.45) is 1.41. The van der Waals surface area contributed by atoms with Gasteiger partial charge in [0.25, 0.3) is 10.0 Å². The van der Waals surface area contributed by atoms with Crippen LogP contribution in [0.25, 0.3) is 0 Å². The van der Waals surface area contributed by atoms with Crippen LogP contribution in [0.4, 0.5) is 20.3 Å². The van der Waals surface area contributed by atoms with E-state index in [9.17, 15) is 17.2 Å². The molecule has 1 heterocycles. The SMILES string of the molecule is Cc1cc(NS(=O)(=O)c2cc(N)c(F)cc2F)ncc1Br. The van der Waals surface area contributed by atoms with Gasteiger partial charge in [0.1, 0.15) is 22.3 Å². The van der Waals surface area contributed by atoms with E-state index < -0.39 is 32.2 Å². The predicted octanol–water partition coefficient (Wildman–Crippen LogP) is 2.81.